The maximum atomic E-state index is 13.6. The van der Waals surface area contributed by atoms with Crippen LogP contribution in [-0.2, 0) is 21.4 Å². The summed E-state index contributed by atoms with van der Waals surface area (Å²) in [6.45, 7) is 2.95. The second-order valence-electron chi connectivity index (χ2n) is 7.44. The summed E-state index contributed by atoms with van der Waals surface area (Å²) in [5, 5.41) is 12.2. The number of carbonyl (C=O) groups excluding carboxylic acids is 1. The van der Waals surface area contributed by atoms with Gasteiger partial charge in [0.2, 0.25) is 5.91 Å². The van der Waals surface area contributed by atoms with Crippen LogP contribution in [0.4, 0.5) is 5.69 Å². The lowest BCUT2D eigenvalue weighted by Gasteiger charge is -2.26. The molecule has 0 unspecified atom stereocenters. The minimum atomic E-state index is -4.08. The van der Waals surface area contributed by atoms with Gasteiger partial charge in [0.1, 0.15) is 6.54 Å². The summed E-state index contributed by atoms with van der Waals surface area (Å²) < 4.78 is 28.2. The van der Waals surface area contributed by atoms with E-state index in [2.05, 4.69) is 5.32 Å². The number of aromatic carboxylic acids is 1. The fraction of sp³-hybridized carbons (Fsp3) is 0.167. The number of aryl methyl sites for hydroxylation is 1. The Hall–Kier alpha value is -3.36. The molecule has 0 bridgehead atoms. The van der Waals surface area contributed by atoms with Gasteiger partial charge in [-0.15, -0.1) is 0 Å². The summed E-state index contributed by atoms with van der Waals surface area (Å²) in [7, 11) is -4.08. The smallest absolute Gasteiger partial charge is 0.335 e. The van der Waals surface area contributed by atoms with E-state index in [9.17, 15) is 18.0 Å². The van der Waals surface area contributed by atoms with Crippen LogP contribution in [0.25, 0.3) is 0 Å². The molecule has 0 spiro atoms. The molecule has 3 aromatic rings. The fourth-order valence-corrected chi connectivity index (χ4v) is 5.21. The third kappa shape index (κ3) is 5.53. The number of carboxylic acid groups (broad SMARTS) is 1. The van der Waals surface area contributed by atoms with Crippen molar-refractivity contribution in [2.24, 2.45) is 0 Å². The number of carboxylic acids is 1. The maximum absolute atomic E-state index is 13.6. The first-order valence-corrected chi connectivity index (χ1v) is 11.9. The molecule has 0 aliphatic carbocycles. The van der Waals surface area contributed by atoms with Crippen LogP contribution >= 0.6 is 11.6 Å². The van der Waals surface area contributed by atoms with Crippen LogP contribution in [0, 0.1) is 13.8 Å². The number of anilines is 1. The Bertz CT molecular complexity index is 1310. The molecule has 0 saturated carbocycles. The van der Waals surface area contributed by atoms with Gasteiger partial charge >= 0.3 is 5.97 Å². The molecule has 9 heteroatoms. The normalized spacial score (nSPS) is 11.1. The molecule has 7 nitrogen and oxygen atoms in total. The summed E-state index contributed by atoms with van der Waals surface area (Å²) in [4.78, 5) is 24.1. The first-order valence-electron chi connectivity index (χ1n) is 10.0. The molecular weight excluding hydrogens is 464 g/mol. The topological polar surface area (TPSA) is 104 Å². The highest BCUT2D eigenvalue weighted by atomic mass is 35.5. The summed E-state index contributed by atoms with van der Waals surface area (Å²) >= 11 is 6.23. The molecular formula is C24H23ClN2O5S. The number of hydrogen-bond donors (Lipinski definition) is 2. The van der Waals surface area contributed by atoms with Gasteiger partial charge in [-0.05, 0) is 60.9 Å². The van der Waals surface area contributed by atoms with Crippen LogP contribution in [0.3, 0.4) is 0 Å². The summed E-state index contributed by atoms with van der Waals surface area (Å²) in [5.74, 6) is -1.62. The van der Waals surface area contributed by atoms with Crippen molar-refractivity contribution in [3.63, 3.8) is 0 Å². The van der Waals surface area contributed by atoms with Crippen molar-refractivity contribution in [1.82, 2.24) is 5.32 Å². The lowest BCUT2D eigenvalue weighted by atomic mass is 10.1. The van der Waals surface area contributed by atoms with E-state index >= 15 is 0 Å². The van der Waals surface area contributed by atoms with Crippen LogP contribution < -0.4 is 9.62 Å². The molecule has 3 aromatic carbocycles. The van der Waals surface area contributed by atoms with E-state index in [1.54, 1.807) is 62.4 Å². The Labute approximate surface area is 197 Å². The Morgan fingerprint density at radius 1 is 1.00 bits per heavy atom. The van der Waals surface area contributed by atoms with Gasteiger partial charge in [-0.2, -0.15) is 0 Å². The van der Waals surface area contributed by atoms with Gasteiger partial charge in [0.05, 0.1) is 16.1 Å². The number of nitrogens with zero attached hydrogens (tertiary/aromatic N) is 1. The van der Waals surface area contributed by atoms with Crippen LogP contribution in [0.5, 0.6) is 0 Å². The highest BCUT2D eigenvalue weighted by molar-refractivity contribution is 7.93. The second-order valence-corrected chi connectivity index (χ2v) is 9.68. The fourth-order valence-electron chi connectivity index (χ4n) is 3.33. The van der Waals surface area contributed by atoms with Crippen LogP contribution in [0.1, 0.15) is 27.0 Å². The SMILES string of the molecule is Cc1ccccc1S(=O)(=O)N(CC(=O)NCc1cccc(C(=O)O)c1)c1cccc(Cl)c1C. The number of carbonyl (C=O) groups is 2. The number of benzene rings is 3. The van der Waals surface area contributed by atoms with E-state index in [1.807, 2.05) is 0 Å². The zero-order valence-electron chi connectivity index (χ0n) is 18.1. The number of sulfonamides is 1. The van der Waals surface area contributed by atoms with Gasteiger partial charge in [-0.25, -0.2) is 13.2 Å². The summed E-state index contributed by atoms with van der Waals surface area (Å²) in [5.41, 5.74) is 2.05. The highest BCUT2D eigenvalue weighted by Crippen LogP contribution is 2.31. The lowest BCUT2D eigenvalue weighted by Crippen LogP contribution is -2.41. The number of halogens is 1. The first kappa shape index (κ1) is 24.3. The standard InChI is InChI=1S/C24H23ClN2O5S/c1-16-7-3-4-12-22(16)33(31,32)27(21-11-6-10-20(25)17(21)2)15-23(28)26-14-18-8-5-9-19(13-18)24(29)30/h3-13H,14-15H2,1-2H3,(H,26,28)(H,29,30). The van der Waals surface area contributed by atoms with E-state index in [0.29, 0.717) is 27.4 Å². The number of hydrogen-bond acceptors (Lipinski definition) is 4. The molecule has 0 aliphatic heterocycles. The largest absolute Gasteiger partial charge is 0.478 e. The van der Waals surface area contributed by atoms with Gasteiger partial charge in [0.25, 0.3) is 10.0 Å². The van der Waals surface area contributed by atoms with Crippen molar-refractivity contribution in [2.75, 3.05) is 10.8 Å². The van der Waals surface area contributed by atoms with E-state index in [-0.39, 0.29) is 17.0 Å². The Morgan fingerprint density at radius 2 is 1.70 bits per heavy atom. The lowest BCUT2D eigenvalue weighted by molar-refractivity contribution is -0.119. The average molecular weight is 487 g/mol. The van der Waals surface area contributed by atoms with Gasteiger partial charge in [-0.3, -0.25) is 9.10 Å². The summed E-state index contributed by atoms with van der Waals surface area (Å²) in [6, 6.07) is 17.6. The molecule has 3 rings (SSSR count). The third-order valence-corrected chi connectivity index (χ3v) is 7.45. The zero-order valence-corrected chi connectivity index (χ0v) is 19.7. The van der Waals surface area contributed by atoms with Crippen molar-refractivity contribution in [3.8, 4) is 0 Å². The molecule has 0 aromatic heterocycles. The van der Waals surface area contributed by atoms with Crippen molar-refractivity contribution < 1.29 is 23.1 Å². The molecule has 0 aliphatic rings. The van der Waals surface area contributed by atoms with Gasteiger partial charge in [-0.1, -0.05) is 48.0 Å². The molecule has 0 atom stereocenters. The van der Waals surface area contributed by atoms with Crippen LogP contribution in [0.15, 0.2) is 71.6 Å². The van der Waals surface area contributed by atoms with Crippen molar-refractivity contribution in [1.29, 1.82) is 0 Å². The van der Waals surface area contributed by atoms with Gasteiger partial charge in [0, 0.05) is 11.6 Å². The summed E-state index contributed by atoms with van der Waals surface area (Å²) in [6.07, 6.45) is 0. The number of nitrogens with one attached hydrogen (secondary N) is 1. The molecule has 0 fully saturated rings. The molecule has 172 valence electrons. The van der Waals surface area contributed by atoms with Gasteiger partial charge in [0.15, 0.2) is 0 Å². The highest BCUT2D eigenvalue weighted by Gasteiger charge is 2.29. The molecule has 0 heterocycles. The third-order valence-electron chi connectivity index (χ3n) is 5.12. The Balaban J connectivity index is 1.91. The quantitative estimate of drug-likeness (QED) is 0.497. The van der Waals surface area contributed by atoms with Gasteiger partial charge < -0.3 is 10.4 Å². The maximum Gasteiger partial charge on any atom is 0.335 e. The van der Waals surface area contributed by atoms with E-state index < -0.39 is 28.4 Å². The molecule has 33 heavy (non-hydrogen) atoms. The Morgan fingerprint density at radius 3 is 2.39 bits per heavy atom. The predicted molar refractivity (Wildman–Crippen MR) is 127 cm³/mol. The van der Waals surface area contributed by atoms with E-state index in [1.165, 1.54) is 18.2 Å². The molecule has 0 saturated heterocycles. The second kappa shape index (κ2) is 10.1. The van der Waals surface area contributed by atoms with E-state index in [4.69, 9.17) is 16.7 Å². The van der Waals surface area contributed by atoms with E-state index in [0.717, 1.165) is 4.31 Å². The average Bonchev–Trinajstić information content (AvgIpc) is 2.78. The predicted octanol–water partition coefficient (Wildman–Crippen LogP) is 4.17. The van der Waals surface area contributed by atoms with Crippen LogP contribution in [0.2, 0.25) is 5.02 Å². The number of amides is 1. The first-order chi connectivity index (χ1) is 15.6. The molecule has 2 N–H and O–H groups in total. The minimum Gasteiger partial charge on any atom is -0.478 e. The number of rotatable bonds is 8. The van der Waals surface area contributed by atoms with Crippen molar-refractivity contribution in [2.45, 2.75) is 25.3 Å². The molecule has 1 amide bonds. The monoisotopic (exact) mass is 486 g/mol. The van der Waals surface area contributed by atoms with Crippen molar-refractivity contribution in [3.05, 3.63) is 94.0 Å². The minimum absolute atomic E-state index is 0.0483. The zero-order chi connectivity index (χ0) is 24.2. The van der Waals surface area contributed by atoms with Crippen molar-refractivity contribution >= 4 is 39.2 Å². The molecule has 0 radical (unpaired) electrons. The van der Waals surface area contributed by atoms with Crippen LogP contribution in [-0.4, -0.2) is 31.9 Å². The Kier molecular flexibility index (Phi) is 7.40.